The van der Waals surface area contributed by atoms with Gasteiger partial charge in [0, 0.05) is 11.1 Å². The van der Waals surface area contributed by atoms with Crippen molar-refractivity contribution in [3.05, 3.63) is 32.6 Å². The van der Waals surface area contributed by atoms with Crippen LogP contribution in [0.5, 0.6) is 5.75 Å². The molecule has 88 valence electrons. The number of phenols is 1. The number of aromatic nitrogens is 3. The molecule has 1 aromatic carbocycles. The van der Waals surface area contributed by atoms with E-state index in [1.807, 2.05) is 0 Å². The summed E-state index contributed by atoms with van der Waals surface area (Å²) in [4.78, 5) is 10.8. The van der Waals surface area contributed by atoms with E-state index in [1.54, 1.807) is 28.7 Å². The molecule has 0 aliphatic heterocycles. The first kappa shape index (κ1) is 12.1. The predicted octanol–water partition coefficient (Wildman–Crippen LogP) is 1.93. The number of benzene rings is 1. The molecule has 0 saturated carbocycles. The van der Waals surface area contributed by atoms with Gasteiger partial charge in [-0.15, -0.1) is 5.10 Å². The van der Waals surface area contributed by atoms with Crippen LogP contribution < -0.4 is 0 Å². The summed E-state index contributed by atoms with van der Waals surface area (Å²) in [5, 5.41) is 26.1. The maximum Gasteiger partial charge on any atom is 0.359 e. The SMILES string of the molecule is O=C(O)c1nnn(-c2ccc(Cl)cc2O)c1I. The Morgan fingerprint density at radius 3 is 2.71 bits per heavy atom. The van der Waals surface area contributed by atoms with Crippen molar-refractivity contribution in [2.75, 3.05) is 0 Å². The fraction of sp³-hybridized carbons (Fsp3) is 0. The summed E-state index contributed by atoms with van der Waals surface area (Å²) in [5.41, 5.74) is 0.152. The van der Waals surface area contributed by atoms with Crippen LogP contribution in [0.3, 0.4) is 0 Å². The molecule has 0 aliphatic carbocycles. The second-order valence-corrected chi connectivity index (χ2v) is 4.54. The normalized spacial score (nSPS) is 10.5. The van der Waals surface area contributed by atoms with Gasteiger partial charge < -0.3 is 10.2 Å². The molecule has 0 bridgehead atoms. The van der Waals surface area contributed by atoms with Crippen LogP contribution in [0.15, 0.2) is 18.2 Å². The summed E-state index contributed by atoms with van der Waals surface area (Å²) in [6.07, 6.45) is 0. The molecule has 0 saturated heterocycles. The number of rotatable bonds is 2. The molecule has 0 atom stereocenters. The number of carboxylic acids is 1. The van der Waals surface area contributed by atoms with E-state index in [0.29, 0.717) is 14.4 Å². The van der Waals surface area contributed by atoms with Crippen LogP contribution in [0.4, 0.5) is 0 Å². The average molecular weight is 366 g/mol. The van der Waals surface area contributed by atoms with Gasteiger partial charge in [0.1, 0.15) is 15.1 Å². The highest BCUT2D eigenvalue weighted by Crippen LogP contribution is 2.26. The first-order valence-electron chi connectivity index (χ1n) is 4.34. The van der Waals surface area contributed by atoms with Crippen LogP contribution in [0.25, 0.3) is 5.69 Å². The number of aromatic hydroxyl groups is 1. The van der Waals surface area contributed by atoms with Gasteiger partial charge in [-0.3, -0.25) is 0 Å². The third kappa shape index (κ3) is 2.20. The number of carboxylic acid groups (broad SMARTS) is 1. The fourth-order valence-electron chi connectivity index (χ4n) is 1.23. The number of aromatic carboxylic acids is 1. The van der Waals surface area contributed by atoms with Crippen molar-refractivity contribution in [1.29, 1.82) is 0 Å². The number of hydrogen-bond acceptors (Lipinski definition) is 4. The van der Waals surface area contributed by atoms with E-state index in [2.05, 4.69) is 10.3 Å². The monoisotopic (exact) mass is 365 g/mol. The summed E-state index contributed by atoms with van der Waals surface area (Å²) in [7, 11) is 0. The average Bonchev–Trinajstić information content (AvgIpc) is 2.60. The summed E-state index contributed by atoms with van der Waals surface area (Å²) in [5.74, 6) is -1.27. The maximum absolute atomic E-state index is 10.8. The molecule has 1 heterocycles. The molecule has 0 aliphatic rings. The zero-order valence-corrected chi connectivity index (χ0v) is 11.0. The number of halogens is 2. The van der Waals surface area contributed by atoms with Gasteiger partial charge in [-0.05, 0) is 34.7 Å². The van der Waals surface area contributed by atoms with Crippen LogP contribution in [-0.2, 0) is 0 Å². The molecule has 2 rings (SSSR count). The molecule has 0 radical (unpaired) electrons. The van der Waals surface area contributed by atoms with Crippen molar-refractivity contribution in [1.82, 2.24) is 15.0 Å². The van der Waals surface area contributed by atoms with Gasteiger partial charge in [0.15, 0.2) is 0 Å². The van der Waals surface area contributed by atoms with Crippen molar-refractivity contribution >= 4 is 40.2 Å². The zero-order valence-electron chi connectivity index (χ0n) is 8.13. The maximum atomic E-state index is 10.8. The lowest BCUT2D eigenvalue weighted by Gasteiger charge is -2.04. The molecular formula is C9H5ClIN3O3. The molecule has 0 amide bonds. The Kier molecular flexibility index (Phi) is 3.20. The Bertz CT molecular complexity index is 599. The van der Waals surface area contributed by atoms with E-state index in [4.69, 9.17) is 16.7 Å². The summed E-state index contributed by atoms with van der Waals surface area (Å²) < 4.78 is 1.53. The summed E-state index contributed by atoms with van der Waals surface area (Å²) in [6, 6.07) is 4.43. The number of carbonyl (C=O) groups is 1. The quantitative estimate of drug-likeness (QED) is 0.794. The second-order valence-electron chi connectivity index (χ2n) is 3.08. The third-order valence-electron chi connectivity index (χ3n) is 1.98. The van der Waals surface area contributed by atoms with Crippen LogP contribution in [0, 0.1) is 3.70 Å². The van der Waals surface area contributed by atoms with Crippen LogP contribution in [0.2, 0.25) is 5.02 Å². The van der Waals surface area contributed by atoms with Gasteiger partial charge >= 0.3 is 5.97 Å². The Balaban J connectivity index is 2.57. The minimum Gasteiger partial charge on any atom is -0.506 e. The summed E-state index contributed by atoms with van der Waals surface area (Å²) >= 11 is 7.49. The number of nitrogens with zero attached hydrogens (tertiary/aromatic N) is 3. The first-order chi connectivity index (χ1) is 8.00. The second kappa shape index (κ2) is 4.49. The van der Waals surface area contributed by atoms with E-state index >= 15 is 0 Å². The van der Waals surface area contributed by atoms with Crippen molar-refractivity contribution in [2.45, 2.75) is 0 Å². The van der Waals surface area contributed by atoms with Crippen molar-refractivity contribution < 1.29 is 15.0 Å². The highest BCUT2D eigenvalue weighted by Gasteiger charge is 2.19. The highest BCUT2D eigenvalue weighted by molar-refractivity contribution is 14.1. The van der Waals surface area contributed by atoms with Crippen molar-refractivity contribution in [3.63, 3.8) is 0 Å². The van der Waals surface area contributed by atoms with E-state index in [1.165, 1.54) is 16.8 Å². The highest BCUT2D eigenvalue weighted by atomic mass is 127. The lowest BCUT2D eigenvalue weighted by molar-refractivity contribution is 0.0689. The largest absolute Gasteiger partial charge is 0.506 e. The van der Waals surface area contributed by atoms with E-state index < -0.39 is 5.97 Å². The molecule has 0 spiro atoms. The van der Waals surface area contributed by atoms with E-state index in [0.717, 1.165) is 0 Å². The number of hydrogen-bond donors (Lipinski definition) is 2. The topological polar surface area (TPSA) is 88.2 Å². The van der Waals surface area contributed by atoms with Gasteiger partial charge in [-0.1, -0.05) is 16.8 Å². The van der Waals surface area contributed by atoms with Crippen LogP contribution in [0.1, 0.15) is 10.5 Å². The standard InChI is InChI=1S/C9H5ClIN3O3/c10-4-1-2-5(6(15)3-4)14-8(11)7(9(16)17)12-13-14/h1-3,15H,(H,16,17). The Morgan fingerprint density at radius 2 is 2.18 bits per heavy atom. The van der Waals surface area contributed by atoms with Gasteiger partial charge in [-0.2, -0.15) is 0 Å². The Hall–Kier alpha value is -1.35. The number of phenolic OH excluding ortho intramolecular Hbond substituents is 1. The lowest BCUT2D eigenvalue weighted by atomic mass is 10.3. The molecule has 0 fully saturated rings. The van der Waals surface area contributed by atoms with Crippen molar-refractivity contribution in [2.24, 2.45) is 0 Å². The molecular weight excluding hydrogens is 360 g/mol. The minimum absolute atomic E-state index is 0.0998. The first-order valence-corrected chi connectivity index (χ1v) is 5.79. The third-order valence-corrected chi connectivity index (χ3v) is 3.19. The fourth-order valence-corrected chi connectivity index (χ4v) is 2.09. The van der Waals surface area contributed by atoms with Crippen molar-refractivity contribution in [3.8, 4) is 11.4 Å². The molecule has 2 N–H and O–H groups in total. The molecule has 8 heteroatoms. The van der Waals surface area contributed by atoms with E-state index in [9.17, 15) is 9.90 Å². The van der Waals surface area contributed by atoms with Gasteiger partial charge in [-0.25, -0.2) is 9.48 Å². The molecule has 6 nitrogen and oxygen atoms in total. The lowest BCUT2D eigenvalue weighted by Crippen LogP contribution is -2.02. The molecule has 1 aromatic heterocycles. The molecule has 0 unspecified atom stereocenters. The molecule has 2 aromatic rings. The van der Waals surface area contributed by atoms with Gasteiger partial charge in [0.2, 0.25) is 5.69 Å². The minimum atomic E-state index is -1.17. The predicted molar refractivity (Wildman–Crippen MR) is 67.7 cm³/mol. The molecule has 17 heavy (non-hydrogen) atoms. The van der Waals surface area contributed by atoms with Gasteiger partial charge in [0.25, 0.3) is 0 Å². The van der Waals surface area contributed by atoms with Crippen LogP contribution >= 0.6 is 34.2 Å². The van der Waals surface area contributed by atoms with Crippen LogP contribution in [-0.4, -0.2) is 31.2 Å². The Morgan fingerprint density at radius 1 is 1.47 bits per heavy atom. The Labute approximate surface area is 114 Å². The smallest absolute Gasteiger partial charge is 0.359 e. The zero-order chi connectivity index (χ0) is 12.6. The van der Waals surface area contributed by atoms with Gasteiger partial charge in [0.05, 0.1) is 0 Å². The summed E-state index contributed by atoms with van der Waals surface area (Å²) in [6.45, 7) is 0. The van der Waals surface area contributed by atoms with E-state index in [-0.39, 0.29) is 11.4 Å².